The summed E-state index contributed by atoms with van der Waals surface area (Å²) >= 11 is 12.9. The van der Waals surface area contributed by atoms with Crippen LogP contribution in [-0.4, -0.2) is 22.7 Å². The summed E-state index contributed by atoms with van der Waals surface area (Å²) in [6.45, 7) is -0.127. The predicted octanol–water partition coefficient (Wildman–Crippen LogP) is 4.53. The summed E-state index contributed by atoms with van der Waals surface area (Å²) in [5.74, 6) is 0.248. The molecule has 3 rings (SSSR count). The number of benzene rings is 2. The minimum absolute atomic E-state index is 0.127. The molecule has 1 heterocycles. The molecule has 5 nitrogen and oxygen atoms in total. The Morgan fingerprint density at radius 1 is 1.00 bits per heavy atom. The molecule has 3 aromatic rings. The number of anilines is 1. The van der Waals surface area contributed by atoms with E-state index in [2.05, 4.69) is 15.5 Å². The van der Waals surface area contributed by atoms with Crippen LogP contribution in [-0.2, 0) is 4.79 Å². The zero-order valence-electron chi connectivity index (χ0n) is 12.2. The summed E-state index contributed by atoms with van der Waals surface area (Å²) in [6.07, 6.45) is 0. The lowest BCUT2D eigenvalue weighted by atomic mass is 10.2. The van der Waals surface area contributed by atoms with Gasteiger partial charge in [0.15, 0.2) is 6.61 Å². The SMILES string of the molecule is O=C(COc1ccc(Cl)cc1)Nc1nnc(-c2ccc(Cl)cc2)s1. The molecule has 122 valence electrons. The summed E-state index contributed by atoms with van der Waals surface area (Å²) in [6, 6.07) is 14.0. The Labute approximate surface area is 152 Å². The lowest BCUT2D eigenvalue weighted by molar-refractivity contribution is -0.118. The Hall–Kier alpha value is -2.15. The van der Waals surface area contributed by atoms with Crippen molar-refractivity contribution >= 4 is 45.6 Å². The van der Waals surface area contributed by atoms with Gasteiger partial charge in [0.2, 0.25) is 5.13 Å². The number of amides is 1. The Morgan fingerprint density at radius 2 is 1.62 bits per heavy atom. The largest absolute Gasteiger partial charge is 0.484 e. The van der Waals surface area contributed by atoms with Gasteiger partial charge in [0.1, 0.15) is 10.8 Å². The van der Waals surface area contributed by atoms with E-state index in [1.807, 2.05) is 12.1 Å². The topological polar surface area (TPSA) is 64.1 Å². The maximum absolute atomic E-state index is 11.9. The van der Waals surface area contributed by atoms with Crippen LogP contribution in [0.4, 0.5) is 5.13 Å². The van der Waals surface area contributed by atoms with Crippen molar-refractivity contribution in [2.24, 2.45) is 0 Å². The molecule has 24 heavy (non-hydrogen) atoms. The number of carbonyl (C=O) groups excluding carboxylic acids is 1. The first kappa shape index (κ1) is 16.7. The summed E-state index contributed by atoms with van der Waals surface area (Å²) in [7, 11) is 0. The van der Waals surface area contributed by atoms with E-state index in [0.717, 1.165) is 5.56 Å². The highest BCUT2D eigenvalue weighted by Gasteiger charge is 2.10. The zero-order chi connectivity index (χ0) is 16.9. The van der Waals surface area contributed by atoms with Gasteiger partial charge < -0.3 is 4.74 Å². The second-order valence-electron chi connectivity index (χ2n) is 4.71. The first-order valence-corrected chi connectivity index (χ1v) is 8.45. The van der Waals surface area contributed by atoms with Gasteiger partial charge >= 0.3 is 0 Å². The molecule has 0 unspecified atom stereocenters. The van der Waals surface area contributed by atoms with Crippen molar-refractivity contribution < 1.29 is 9.53 Å². The molecular formula is C16H11Cl2N3O2S. The number of carbonyl (C=O) groups is 1. The third kappa shape index (κ3) is 4.44. The highest BCUT2D eigenvalue weighted by atomic mass is 35.5. The molecule has 0 aliphatic rings. The highest BCUT2D eigenvalue weighted by molar-refractivity contribution is 7.18. The van der Waals surface area contributed by atoms with Gasteiger partial charge in [-0.1, -0.05) is 46.7 Å². The quantitative estimate of drug-likeness (QED) is 0.707. The van der Waals surface area contributed by atoms with Gasteiger partial charge in [-0.3, -0.25) is 10.1 Å². The standard InChI is InChI=1S/C16H11Cl2N3O2S/c17-11-3-1-10(2-4-11)15-20-21-16(24-15)19-14(22)9-23-13-7-5-12(18)6-8-13/h1-8H,9H2,(H,19,21,22). The first-order valence-electron chi connectivity index (χ1n) is 6.88. The fourth-order valence-electron chi connectivity index (χ4n) is 1.82. The molecule has 1 amide bonds. The van der Waals surface area contributed by atoms with Crippen LogP contribution in [0.25, 0.3) is 10.6 Å². The molecular weight excluding hydrogens is 369 g/mol. The van der Waals surface area contributed by atoms with Gasteiger partial charge in [-0.25, -0.2) is 0 Å². The maximum Gasteiger partial charge on any atom is 0.264 e. The lowest BCUT2D eigenvalue weighted by Crippen LogP contribution is -2.20. The summed E-state index contributed by atoms with van der Waals surface area (Å²) in [5, 5.41) is 13.0. The van der Waals surface area contributed by atoms with E-state index < -0.39 is 0 Å². The molecule has 0 saturated heterocycles. The zero-order valence-corrected chi connectivity index (χ0v) is 14.5. The summed E-state index contributed by atoms with van der Waals surface area (Å²) in [5.41, 5.74) is 0.884. The van der Waals surface area contributed by atoms with Gasteiger partial charge in [0.25, 0.3) is 5.91 Å². The smallest absolute Gasteiger partial charge is 0.264 e. The van der Waals surface area contributed by atoms with Crippen LogP contribution in [0.3, 0.4) is 0 Å². The normalized spacial score (nSPS) is 10.4. The van der Waals surface area contributed by atoms with Crippen molar-refractivity contribution in [2.75, 3.05) is 11.9 Å². The number of ether oxygens (including phenoxy) is 1. The van der Waals surface area contributed by atoms with Crippen LogP contribution < -0.4 is 10.1 Å². The Kier molecular flexibility index (Phi) is 5.30. The van der Waals surface area contributed by atoms with Crippen LogP contribution >= 0.6 is 34.5 Å². The Balaban J connectivity index is 1.57. The van der Waals surface area contributed by atoms with E-state index in [9.17, 15) is 4.79 Å². The third-order valence-electron chi connectivity index (χ3n) is 2.95. The fourth-order valence-corrected chi connectivity index (χ4v) is 2.84. The molecule has 1 aromatic heterocycles. The number of rotatable bonds is 5. The molecule has 0 aliphatic heterocycles. The van der Waals surface area contributed by atoms with E-state index in [1.165, 1.54) is 11.3 Å². The molecule has 0 bridgehead atoms. The van der Waals surface area contributed by atoms with Crippen molar-refractivity contribution in [3.63, 3.8) is 0 Å². The van der Waals surface area contributed by atoms with E-state index in [0.29, 0.717) is 25.9 Å². The molecule has 0 fully saturated rings. The number of hydrogen-bond donors (Lipinski definition) is 1. The van der Waals surface area contributed by atoms with Gasteiger partial charge in [0, 0.05) is 15.6 Å². The number of hydrogen-bond acceptors (Lipinski definition) is 5. The molecule has 0 atom stereocenters. The van der Waals surface area contributed by atoms with E-state index in [4.69, 9.17) is 27.9 Å². The van der Waals surface area contributed by atoms with Crippen LogP contribution in [0.1, 0.15) is 0 Å². The van der Waals surface area contributed by atoms with Gasteiger partial charge in [0.05, 0.1) is 0 Å². The highest BCUT2D eigenvalue weighted by Crippen LogP contribution is 2.27. The molecule has 8 heteroatoms. The van der Waals surface area contributed by atoms with Crippen molar-refractivity contribution in [3.8, 4) is 16.3 Å². The number of nitrogens with one attached hydrogen (secondary N) is 1. The Bertz CT molecular complexity index is 835. The lowest BCUT2D eigenvalue weighted by Gasteiger charge is -2.05. The van der Waals surface area contributed by atoms with Gasteiger partial charge in [-0.15, -0.1) is 10.2 Å². The third-order valence-corrected chi connectivity index (χ3v) is 4.34. The van der Waals surface area contributed by atoms with Crippen molar-refractivity contribution in [3.05, 3.63) is 58.6 Å². The minimum Gasteiger partial charge on any atom is -0.484 e. The average molecular weight is 380 g/mol. The fraction of sp³-hybridized carbons (Fsp3) is 0.0625. The van der Waals surface area contributed by atoms with Crippen molar-refractivity contribution in [1.29, 1.82) is 0 Å². The molecule has 2 aromatic carbocycles. The second kappa shape index (κ2) is 7.61. The predicted molar refractivity (Wildman–Crippen MR) is 95.9 cm³/mol. The second-order valence-corrected chi connectivity index (χ2v) is 6.56. The number of nitrogens with zero attached hydrogens (tertiary/aromatic N) is 2. The van der Waals surface area contributed by atoms with Crippen LogP contribution in [0.5, 0.6) is 5.75 Å². The molecule has 0 saturated carbocycles. The molecule has 1 N–H and O–H groups in total. The number of aromatic nitrogens is 2. The molecule has 0 spiro atoms. The minimum atomic E-state index is -0.316. The molecule has 0 aliphatic carbocycles. The number of halogens is 2. The van der Waals surface area contributed by atoms with Crippen molar-refractivity contribution in [1.82, 2.24) is 10.2 Å². The van der Waals surface area contributed by atoms with E-state index in [-0.39, 0.29) is 12.5 Å². The van der Waals surface area contributed by atoms with Crippen molar-refractivity contribution in [2.45, 2.75) is 0 Å². The van der Waals surface area contributed by atoms with Crippen LogP contribution in [0, 0.1) is 0 Å². The summed E-state index contributed by atoms with van der Waals surface area (Å²) in [4.78, 5) is 11.9. The van der Waals surface area contributed by atoms with Gasteiger partial charge in [-0.2, -0.15) is 0 Å². The van der Waals surface area contributed by atoms with Crippen LogP contribution in [0.15, 0.2) is 48.5 Å². The van der Waals surface area contributed by atoms with E-state index in [1.54, 1.807) is 36.4 Å². The average Bonchev–Trinajstić information content (AvgIpc) is 3.03. The maximum atomic E-state index is 11.9. The molecule has 0 radical (unpaired) electrons. The first-order chi connectivity index (χ1) is 11.6. The van der Waals surface area contributed by atoms with Gasteiger partial charge in [-0.05, 0) is 36.4 Å². The van der Waals surface area contributed by atoms with Crippen LogP contribution in [0.2, 0.25) is 10.0 Å². The van der Waals surface area contributed by atoms with E-state index >= 15 is 0 Å². The Morgan fingerprint density at radius 3 is 2.29 bits per heavy atom. The monoisotopic (exact) mass is 379 g/mol. The summed E-state index contributed by atoms with van der Waals surface area (Å²) < 4.78 is 5.37.